The van der Waals surface area contributed by atoms with Gasteiger partial charge in [-0.1, -0.05) is 0 Å². The highest BCUT2D eigenvalue weighted by Crippen LogP contribution is 2.20. The minimum absolute atomic E-state index is 0.148. The van der Waals surface area contributed by atoms with E-state index in [4.69, 9.17) is 0 Å². The Hall–Kier alpha value is -3.16. The highest BCUT2D eigenvalue weighted by molar-refractivity contribution is 6.01. The number of hydrogen-bond donors (Lipinski definition) is 3. The van der Waals surface area contributed by atoms with E-state index in [0.717, 1.165) is 22.1 Å². The van der Waals surface area contributed by atoms with Gasteiger partial charge in [0.2, 0.25) is 5.91 Å². The molecule has 0 aliphatic heterocycles. The molecule has 4 heterocycles. The molecule has 1 amide bonds. The molecule has 4 rings (SSSR count). The Morgan fingerprint density at radius 1 is 1.41 bits per heavy atom. The van der Waals surface area contributed by atoms with Crippen LogP contribution in [0.15, 0.2) is 30.9 Å². The van der Waals surface area contributed by atoms with Crippen molar-refractivity contribution < 1.29 is 4.79 Å². The van der Waals surface area contributed by atoms with Crippen LogP contribution in [0.4, 0.5) is 5.69 Å². The SMILES string of the molecule is Cn1cc(NC(=O)Cc2nc3c(cnc4[nH]ccc43)[nH]2)cn1. The Balaban J connectivity index is 1.59. The maximum absolute atomic E-state index is 12.1. The summed E-state index contributed by atoms with van der Waals surface area (Å²) in [4.78, 5) is 27.0. The van der Waals surface area contributed by atoms with Crippen molar-refractivity contribution in [1.82, 2.24) is 29.7 Å². The normalized spacial score (nSPS) is 11.3. The maximum atomic E-state index is 12.1. The fraction of sp³-hybridized carbons (Fsp3) is 0.143. The number of nitrogens with one attached hydrogen (secondary N) is 3. The van der Waals surface area contributed by atoms with Crippen LogP contribution in [0.5, 0.6) is 0 Å². The van der Waals surface area contributed by atoms with Gasteiger partial charge in [0.25, 0.3) is 0 Å². The molecular formula is C14H13N7O. The second kappa shape index (κ2) is 4.69. The lowest BCUT2D eigenvalue weighted by molar-refractivity contribution is -0.115. The molecule has 0 unspecified atom stereocenters. The van der Waals surface area contributed by atoms with Crippen molar-refractivity contribution in [3.63, 3.8) is 0 Å². The van der Waals surface area contributed by atoms with Gasteiger partial charge < -0.3 is 15.3 Å². The molecule has 0 aromatic carbocycles. The molecule has 4 aromatic heterocycles. The molecule has 0 aliphatic rings. The van der Waals surface area contributed by atoms with Crippen LogP contribution in [-0.2, 0) is 18.3 Å². The van der Waals surface area contributed by atoms with E-state index in [1.807, 2.05) is 12.3 Å². The summed E-state index contributed by atoms with van der Waals surface area (Å²) in [5.41, 5.74) is 3.08. The number of nitrogens with zero attached hydrogens (tertiary/aromatic N) is 4. The highest BCUT2D eigenvalue weighted by Gasteiger charge is 2.12. The monoisotopic (exact) mass is 295 g/mol. The molecule has 0 fully saturated rings. The summed E-state index contributed by atoms with van der Waals surface area (Å²) in [6.07, 6.45) is 7.04. The fourth-order valence-corrected chi connectivity index (χ4v) is 2.45. The Morgan fingerprint density at radius 3 is 3.14 bits per heavy atom. The first-order valence-electron chi connectivity index (χ1n) is 6.78. The number of aryl methyl sites for hydroxylation is 1. The summed E-state index contributed by atoms with van der Waals surface area (Å²) in [6.45, 7) is 0. The number of H-pyrrole nitrogens is 2. The van der Waals surface area contributed by atoms with E-state index in [-0.39, 0.29) is 12.3 Å². The molecule has 22 heavy (non-hydrogen) atoms. The van der Waals surface area contributed by atoms with Crippen LogP contribution in [0.3, 0.4) is 0 Å². The zero-order valence-electron chi connectivity index (χ0n) is 11.8. The van der Waals surface area contributed by atoms with E-state index in [1.165, 1.54) is 0 Å². The number of carbonyl (C=O) groups is 1. The molecule has 0 saturated heterocycles. The van der Waals surface area contributed by atoms with E-state index < -0.39 is 0 Å². The predicted molar refractivity (Wildman–Crippen MR) is 81.3 cm³/mol. The second-order valence-corrected chi connectivity index (χ2v) is 5.07. The lowest BCUT2D eigenvalue weighted by Gasteiger charge is -1.99. The van der Waals surface area contributed by atoms with E-state index in [2.05, 4.69) is 30.4 Å². The second-order valence-electron chi connectivity index (χ2n) is 5.07. The van der Waals surface area contributed by atoms with Crippen molar-refractivity contribution in [2.45, 2.75) is 6.42 Å². The summed E-state index contributed by atoms with van der Waals surface area (Å²) in [6, 6.07) is 1.92. The molecule has 0 spiro atoms. The molecule has 0 atom stereocenters. The number of carbonyl (C=O) groups excluding carboxylic acids is 1. The number of hydrogen-bond acceptors (Lipinski definition) is 4. The highest BCUT2D eigenvalue weighted by atomic mass is 16.1. The van der Waals surface area contributed by atoms with Crippen molar-refractivity contribution >= 4 is 33.7 Å². The first-order valence-corrected chi connectivity index (χ1v) is 6.78. The van der Waals surface area contributed by atoms with E-state index in [9.17, 15) is 4.79 Å². The Bertz CT molecular complexity index is 977. The first-order chi connectivity index (χ1) is 10.7. The predicted octanol–water partition coefficient (Wildman–Crippen LogP) is 1.35. The summed E-state index contributed by atoms with van der Waals surface area (Å²) in [5.74, 6) is 0.456. The minimum atomic E-state index is -0.148. The lowest BCUT2D eigenvalue weighted by Crippen LogP contribution is -2.14. The standard InChI is InChI=1S/C14H13N7O/c1-21-7-8(5-17-21)18-12(22)4-11-19-10-6-16-14-9(2-3-15-14)13(10)20-11/h2-3,5-7H,4H2,1H3,(H,15,16)(H,18,22)(H,19,20). The molecule has 3 N–H and O–H groups in total. The maximum Gasteiger partial charge on any atom is 0.232 e. The van der Waals surface area contributed by atoms with Crippen LogP contribution in [0.2, 0.25) is 0 Å². The molecule has 0 aliphatic carbocycles. The van der Waals surface area contributed by atoms with Crippen LogP contribution < -0.4 is 5.32 Å². The summed E-state index contributed by atoms with van der Waals surface area (Å²) < 4.78 is 1.63. The molecular weight excluding hydrogens is 282 g/mol. The van der Waals surface area contributed by atoms with Gasteiger partial charge in [0, 0.05) is 24.8 Å². The number of amides is 1. The van der Waals surface area contributed by atoms with Crippen LogP contribution in [-0.4, -0.2) is 35.6 Å². The summed E-state index contributed by atoms with van der Waals surface area (Å²) >= 11 is 0. The molecule has 110 valence electrons. The average Bonchev–Trinajstić information content (AvgIpc) is 3.16. The topological polar surface area (TPSA) is 104 Å². The molecule has 0 radical (unpaired) electrons. The molecule has 8 heteroatoms. The van der Waals surface area contributed by atoms with E-state index in [0.29, 0.717) is 11.5 Å². The fourth-order valence-electron chi connectivity index (χ4n) is 2.45. The summed E-state index contributed by atoms with van der Waals surface area (Å²) in [7, 11) is 1.80. The molecule has 8 nitrogen and oxygen atoms in total. The molecule has 4 aromatic rings. The lowest BCUT2D eigenvalue weighted by atomic mass is 10.3. The smallest absolute Gasteiger partial charge is 0.232 e. The van der Waals surface area contributed by atoms with Crippen LogP contribution in [0.1, 0.15) is 5.82 Å². The average molecular weight is 295 g/mol. The number of aromatic amines is 2. The van der Waals surface area contributed by atoms with Gasteiger partial charge in [-0.25, -0.2) is 9.97 Å². The minimum Gasteiger partial charge on any atom is -0.346 e. The third-order valence-electron chi connectivity index (χ3n) is 3.40. The van der Waals surface area contributed by atoms with Crippen molar-refractivity contribution in [3.8, 4) is 0 Å². The van der Waals surface area contributed by atoms with Gasteiger partial charge in [0.15, 0.2) is 0 Å². The first kappa shape index (κ1) is 12.6. The molecule has 0 bridgehead atoms. The van der Waals surface area contributed by atoms with Crippen LogP contribution >= 0.6 is 0 Å². The zero-order chi connectivity index (χ0) is 15.1. The number of rotatable bonds is 3. The quantitative estimate of drug-likeness (QED) is 0.530. The zero-order valence-corrected chi connectivity index (χ0v) is 11.8. The van der Waals surface area contributed by atoms with Gasteiger partial charge >= 0.3 is 0 Å². The van der Waals surface area contributed by atoms with Crippen LogP contribution in [0.25, 0.3) is 22.1 Å². The van der Waals surface area contributed by atoms with E-state index in [1.54, 1.807) is 30.3 Å². The van der Waals surface area contributed by atoms with Gasteiger partial charge in [-0.15, -0.1) is 0 Å². The van der Waals surface area contributed by atoms with E-state index >= 15 is 0 Å². The van der Waals surface area contributed by atoms with Gasteiger partial charge in [-0.2, -0.15) is 5.10 Å². The number of pyridine rings is 1. The van der Waals surface area contributed by atoms with Crippen molar-refractivity contribution in [2.75, 3.05) is 5.32 Å². The third-order valence-corrected chi connectivity index (χ3v) is 3.40. The number of fused-ring (bicyclic) bond motifs is 3. The third kappa shape index (κ3) is 2.10. The van der Waals surface area contributed by atoms with Gasteiger partial charge in [-0.3, -0.25) is 9.48 Å². The Labute approximate surface area is 124 Å². The van der Waals surface area contributed by atoms with Gasteiger partial charge in [-0.05, 0) is 6.07 Å². The van der Waals surface area contributed by atoms with Crippen molar-refractivity contribution in [2.24, 2.45) is 7.05 Å². The Morgan fingerprint density at radius 2 is 2.32 bits per heavy atom. The summed E-state index contributed by atoms with van der Waals surface area (Å²) in [5, 5.41) is 7.73. The van der Waals surface area contributed by atoms with Crippen molar-refractivity contribution in [1.29, 1.82) is 0 Å². The van der Waals surface area contributed by atoms with Gasteiger partial charge in [0.1, 0.15) is 17.0 Å². The number of imidazole rings is 1. The van der Waals surface area contributed by atoms with Crippen molar-refractivity contribution in [3.05, 3.63) is 36.7 Å². The largest absolute Gasteiger partial charge is 0.346 e. The van der Waals surface area contributed by atoms with Crippen LogP contribution in [0, 0.1) is 0 Å². The Kier molecular flexibility index (Phi) is 2.68. The number of aromatic nitrogens is 6. The number of anilines is 1. The van der Waals surface area contributed by atoms with Gasteiger partial charge in [0.05, 0.1) is 30.0 Å². The molecule has 0 saturated carbocycles.